The Kier molecular flexibility index (Phi) is 4.03. The third-order valence-electron chi connectivity index (χ3n) is 4.10. The van der Waals surface area contributed by atoms with Gasteiger partial charge in [0, 0.05) is 29.1 Å². The van der Waals surface area contributed by atoms with Crippen LogP contribution in [0.5, 0.6) is 0 Å². The summed E-state index contributed by atoms with van der Waals surface area (Å²) < 4.78 is 1.89. The topological polar surface area (TPSA) is 55.1 Å². The molecule has 0 fully saturated rings. The summed E-state index contributed by atoms with van der Waals surface area (Å²) in [6.07, 6.45) is 1.78. The van der Waals surface area contributed by atoms with Crippen molar-refractivity contribution < 1.29 is 0 Å². The molecule has 2 aromatic carbocycles. The highest BCUT2D eigenvalue weighted by molar-refractivity contribution is 7.14. The van der Waals surface area contributed by atoms with Gasteiger partial charge in [-0.25, -0.2) is 4.98 Å². The lowest BCUT2D eigenvalue weighted by molar-refractivity contribution is 0.751. The molecular formula is C19H17N5S. The monoisotopic (exact) mass is 347 g/mol. The number of benzene rings is 2. The van der Waals surface area contributed by atoms with Crippen molar-refractivity contribution in [2.45, 2.75) is 6.92 Å². The van der Waals surface area contributed by atoms with E-state index >= 15 is 0 Å². The number of hydrogen-bond acceptors (Lipinski definition) is 5. The summed E-state index contributed by atoms with van der Waals surface area (Å²) in [4.78, 5) is 4.55. The normalized spacial score (nSPS) is 11.4. The first-order valence-corrected chi connectivity index (χ1v) is 8.82. The number of hydrazone groups is 1. The molecule has 124 valence electrons. The number of thiazole rings is 1. The van der Waals surface area contributed by atoms with E-state index < -0.39 is 0 Å². The van der Waals surface area contributed by atoms with Crippen LogP contribution in [0.25, 0.3) is 22.2 Å². The van der Waals surface area contributed by atoms with Crippen LogP contribution in [0.3, 0.4) is 0 Å². The Morgan fingerprint density at radius 3 is 2.84 bits per heavy atom. The van der Waals surface area contributed by atoms with Gasteiger partial charge in [-0.05, 0) is 18.6 Å². The molecule has 0 amide bonds. The summed E-state index contributed by atoms with van der Waals surface area (Å²) in [5.74, 6) is 0. The van der Waals surface area contributed by atoms with Gasteiger partial charge in [0.1, 0.15) is 0 Å². The molecule has 0 aliphatic rings. The van der Waals surface area contributed by atoms with Crippen LogP contribution >= 0.6 is 11.3 Å². The number of anilines is 1. The second kappa shape index (κ2) is 6.49. The molecule has 2 aromatic heterocycles. The van der Waals surface area contributed by atoms with Crippen LogP contribution in [-0.2, 0) is 7.05 Å². The van der Waals surface area contributed by atoms with E-state index in [2.05, 4.69) is 33.6 Å². The smallest absolute Gasteiger partial charge is 0.203 e. The molecule has 0 unspecified atom stereocenters. The van der Waals surface area contributed by atoms with E-state index in [1.807, 2.05) is 59.6 Å². The van der Waals surface area contributed by atoms with Gasteiger partial charge in [-0.1, -0.05) is 42.5 Å². The predicted molar refractivity (Wildman–Crippen MR) is 104 cm³/mol. The minimum atomic E-state index is 0.768. The second-order valence-corrected chi connectivity index (χ2v) is 6.62. The van der Waals surface area contributed by atoms with Crippen LogP contribution in [0.15, 0.2) is 59.0 Å². The maximum absolute atomic E-state index is 4.55. The van der Waals surface area contributed by atoms with E-state index in [9.17, 15) is 0 Å². The van der Waals surface area contributed by atoms with Gasteiger partial charge in [0.15, 0.2) is 0 Å². The number of hydrogen-bond donors (Lipinski definition) is 1. The highest BCUT2D eigenvalue weighted by Gasteiger charge is 2.05. The van der Waals surface area contributed by atoms with E-state index in [0.717, 1.165) is 33.2 Å². The molecule has 25 heavy (non-hydrogen) atoms. The maximum atomic E-state index is 4.55. The van der Waals surface area contributed by atoms with Gasteiger partial charge in [-0.15, -0.1) is 11.3 Å². The van der Waals surface area contributed by atoms with Crippen LogP contribution in [0.1, 0.15) is 11.3 Å². The zero-order valence-corrected chi connectivity index (χ0v) is 14.8. The van der Waals surface area contributed by atoms with Crippen LogP contribution in [0.2, 0.25) is 0 Å². The molecule has 0 bridgehead atoms. The highest BCUT2D eigenvalue weighted by atomic mass is 32.1. The minimum Gasteiger partial charge on any atom is -0.272 e. The third-order valence-corrected chi connectivity index (χ3v) is 4.85. The fourth-order valence-corrected chi connectivity index (χ4v) is 3.33. The minimum absolute atomic E-state index is 0.768. The van der Waals surface area contributed by atoms with Gasteiger partial charge >= 0.3 is 0 Å². The number of nitrogens with zero attached hydrogens (tertiary/aromatic N) is 4. The van der Waals surface area contributed by atoms with Gasteiger partial charge < -0.3 is 0 Å². The van der Waals surface area contributed by atoms with Crippen molar-refractivity contribution in [3.63, 3.8) is 0 Å². The molecule has 5 nitrogen and oxygen atoms in total. The quantitative estimate of drug-likeness (QED) is 0.438. The Hall–Kier alpha value is -2.99. The Morgan fingerprint density at radius 1 is 1.16 bits per heavy atom. The zero-order chi connectivity index (χ0) is 17.2. The second-order valence-electron chi connectivity index (χ2n) is 5.76. The fraction of sp³-hybridized carbons (Fsp3) is 0.105. The first-order chi connectivity index (χ1) is 12.2. The van der Waals surface area contributed by atoms with Crippen molar-refractivity contribution in [1.29, 1.82) is 0 Å². The first-order valence-electron chi connectivity index (χ1n) is 7.94. The predicted octanol–water partition coefficient (Wildman–Crippen LogP) is 4.45. The Labute approximate surface area is 149 Å². The van der Waals surface area contributed by atoms with Crippen molar-refractivity contribution in [3.05, 3.63) is 65.2 Å². The van der Waals surface area contributed by atoms with E-state index in [1.54, 1.807) is 6.21 Å². The lowest BCUT2D eigenvalue weighted by Gasteiger charge is -1.96. The van der Waals surface area contributed by atoms with Crippen LogP contribution < -0.4 is 5.43 Å². The van der Waals surface area contributed by atoms with Crippen LogP contribution in [0, 0.1) is 6.92 Å². The SMILES string of the molecule is Cc1c2ccc(C=NNc3nc(-c4ccccc4)cs3)cc2nn1C. The molecule has 1 N–H and O–H groups in total. The average Bonchev–Trinajstić information content (AvgIpc) is 3.21. The molecule has 0 aliphatic heterocycles. The summed E-state index contributed by atoms with van der Waals surface area (Å²) in [6.45, 7) is 2.07. The van der Waals surface area contributed by atoms with Gasteiger partial charge in [-0.2, -0.15) is 10.2 Å². The Bertz CT molecular complexity index is 1050. The molecule has 0 saturated heterocycles. The van der Waals surface area contributed by atoms with Crippen molar-refractivity contribution in [1.82, 2.24) is 14.8 Å². The van der Waals surface area contributed by atoms with Crippen molar-refractivity contribution in [3.8, 4) is 11.3 Å². The van der Waals surface area contributed by atoms with Crippen molar-refractivity contribution >= 4 is 33.6 Å². The average molecular weight is 347 g/mol. The molecule has 0 saturated carbocycles. The summed E-state index contributed by atoms with van der Waals surface area (Å²) >= 11 is 1.54. The molecule has 0 atom stereocenters. The molecule has 4 aromatic rings. The largest absolute Gasteiger partial charge is 0.272 e. The summed E-state index contributed by atoms with van der Waals surface area (Å²) in [5.41, 5.74) is 8.19. The number of fused-ring (bicyclic) bond motifs is 1. The lowest BCUT2D eigenvalue weighted by Crippen LogP contribution is -1.91. The van der Waals surface area contributed by atoms with E-state index in [1.165, 1.54) is 16.7 Å². The van der Waals surface area contributed by atoms with E-state index in [0.29, 0.717) is 0 Å². The summed E-state index contributed by atoms with van der Waals surface area (Å²) in [7, 11) is 1.96. The Morgan fingerprint density at radius 2 is 2.00 bits per heavy atom. The van der Waals surface area contributed by atoms with Gasteiger partial charge in [0.05, 0.1) is 17.4 Å². The molecule has 0 aliphatic carbocycles. The number of rotatable bonds is 4. The Balaban J connectivity index is 1.49. The summed E-state index contributed by atoms with van der Waals surface area (Å²) in [6, 6.07) is 16.3. The maximum Gasteiger partial charge on any atom is 0.203 e. The fourth-order valence-electron chi connectivity index (χ4n) is 2.66. The third kappa shape index (κ3) is 3.16. The van der Waals surface area contributed by atoms with Gasteiger partial charge in [-0.3, -0.25) is 10.1 Å². The van der Waals surface area contributed by atoms with E-state index in [4.69, 9.17) is 0 Å². The molecule has 4 rings (SSSR count). The van der Waals surface area contributed by atoms with Crippen molar-refractivity contribution in [2.75, 3.05) is 5.43 Å². The number of aryl methyl sites for hydroxylation is 2. The molecule has 0 radical (unpaired) electrons. The van der Waals surface area contributed by atoms with Crippen molar-refractivity contribution in [2.24, 2.45) is 12.1 Å². The van der Waals surface area contributed by atoms with Crippen LogP contribution in [-0.4, -0.2) is 21.0 Å². The van der Waals surface area contributed by atoms with Gasteiger partial charge in [0.25, 0.3) is 0 Å². The van der Waals surface area contributed by atoms with Gasteiger partial charge in [0.2, 0.25) is 5.13 Å². The molecule has 2 heterocycles. The lowest BCUT2D eigenvalue weighted by atomic mass is 10.1. The molecule has 0 spiro atoms. The molecular weight excluding hydrogens is 330 g/mol. The molecule has 6 heteroatoms. The first kappa shape index (κ1) is 15.5. The zero-order valence-electron chi connectivity index (χ0n) is 14.0. The highest BCUT2D eigenvalue weighted by Crippen LogP contribution is 2.24. The standard InChI is InChI=1S/C19H17N5S/c1-13-16-9-8-14(10-17(16)23-24(13)2)11-20-22-19-21-18(12-25-19)15-6-4-3-5-7-15/h3-12H,1-2H3,(H,21,22). The number of nitrogens with one attached hydrogen (secondary N) is 1. The van der Waals surface area contributed by atoms with Crippen LogP contribution in [0.4, 0.5) is 5.13 Å². The number of aromatic nitrogens is 3. The summed E-state index contributed by atoms with van der Waals surface area (Å²) in [5, 5.41) is 12.8. The van der Waals surface area contributed by atoms with E-state index in [-0.39, 0.29) is 0 Å².